The second kappa shape index (κ2) is 6.48. The van der Waals surface area contributed by atoms with Gasteiger partial charge < -0.3 is 15.4 Å². The molecule has 0 aliphatic carbocycles. The van der Waals surface area contributed by atoms with Crippen LogP contribution in [0.15, 0.2) is 23.4 Å². The van der Waals surface area contributed by atoms with Crippen LogP contribution < -0.4 is 10.6 Å². The Morgan fingerprint density at radius 1 is 1.23 bits per heavy atom. The average molecular weight is 318 g/mol. The molecule has 4 nitrogen and oxygen atoms in total. The second-order valence-electron chi connectivity index (χ2n) is 5.60. The molecule has 0 unspecified atom stereocenters. The molecule has 1 aromatic carbocycles. The minimum Gasteiger partial charge on any atom is -0.463 e. The molecule has 0 aromatic heterocycles. The Bertz CT molecular complexity index is 642. The van der Waals surface area contributed by atoms with Gasteiger partial charge >= 0.3 is 5.97 Å². The first-order valence-electron chi connectivity index (χ1n) is 7.38. The molecule has 118 valence electrons. The lowest BCUT2D eigenvalue weighted by Crippen LogP contribution is -2.45. The topological polar surface area (TPSA) is 50.4 Å². The van der Waals surface area contributed by atoms with Crippen molar-refractivity contribution >= 4 is 23.3 Å². The van der Waals surface area contributed by atoms with Gasteiger partial charge in [-0.15, -0.1) is 0 Å². The van der Waals surface area contributed by atoms with Crippen molar-refractivity contribution in [2.75, 3.05) is 6.61 Å². The number of thiocarbonyl (C=S) groups is 1. The van der Waals surface area contributed by atoms with Crippen LogP contribution in [0, 0.1) is 20.8 Å². The summed E-state index contributed by atoms with van der Waals surface area (Å²) in [6.07, 6.45) is 0. The van der Waals surface area contributed by atoms with Crippen molar-refractivity contribution in [1.29, 1.82) is 0 Å². The summed E-state index contributed by atoms with van der Waals surface area (Å²) in [5.41, 5.74) is 5.88. The van der Waals surface area contributed by atoms with E-state index in [0.717, 1.165) is 22.4 Å². The van der Waals surface area contributed by atoms with Gasteiger partial charge in [-0.1, -0.05) is 17.7 Å². The first-order valence-corrected chi connectivity index (χ1v) is 7.79. The van der Waals surface area contributed by atoms with E-state index in [-0.39, 0.29) is 12.0 Å². The minimum atomic E-state index is -0.313. The number of carbonyl (C=O) groups excluding carboxylic acids is 1. The summed E-state index contributed by atoms with van der Waals surface area (Å²) < 4.78 is 5.22. The first-order chi connectivity index (χ1) is 10.3. The highest BCUT2D eigenvalue weighted by molar-refractivity contribution is 7.80. The molecule has 5 heteroatoms. The van der Waals surface area contributed by atoms with Gasteiger partial charge in [0.15, 0.2) is 5.11 Å². The van der Waals surface area contributed by atoms with Gasteiger partial charge in [0.1, 0.15) is 0 Å². The summed E-state index contributed by atoms with van der Waals surface area (Å²) in [7, 11) is 0. The van der Waals surface area contributed by atoms with Crippen molar-refractivity contribution in [2.45, 2.75) is 40.7 Å². The SMILES string of the molecule is CCOC(=O)C1=C(C)NC(=S)N[C@H]1c1c(C)cc(C)cc1C. The van der Waals surface area contributed by atoms with Gasteiger partial charge in [0.2, 0.25) is 0 Å². The molecule has 2 N–H and O–H groups in total. The number of hydrogen-bond acceptors (Lipinski definition) is 3. The Morgan fingerprint density at radius 3 is 2.36 bits per heavy atom. The van der Waals surface area contributed by atoms with Gasteiger partial charge in [-0.2, -0.15) is 0 Å². The third-order valence-corrected chi connectivity index (χ3v) is 4.01. The lowest BCUT2D eigenvalue weighted by atomic mass is 9.88. The summed E-state index contributed by atoms with van der Waals surface area (Å²) in [4.78, 5) is 12.4. The quantitative estimate of drug-likeness (QED) is 0.663. The van der Waals surface area contributed by atoms with Crippen molar-refractivity contribution in [3.8, 4) is 0 Å². The van der Waals surface area contributed by atoms with E-state index in [1.807, 2.05) is 6.92 Å². The Balaban J connectivity index is 2.58. The summed E-state index contributed by atoms with van der Waals surface area (Å²) in [6.45, 7) is 10.2. The van der Waals surface area contributed by atoms with E-state index in [2.05, 4.69) is 43.5 Å². The predicted octanol–water partition coefficient (Wildman–Crippen LogP) is 2.97. The molecule has 0 spiro atoms. The van der Waals surface area contributed by atoms with Crippen LogP contribution in [-0.4, -0.2) is 17.7 Å². The normalized spacial score (nSPS) is 17.9. The number of esters is 1. The van der Waals surface area contributed by atoms with Gasteiger partial charge in [0.05, 0.1) is 18.2 Å². The van der Waals surface area contributed by atoms with Crippen molar-refractivity contribution in [2.24, 2.45) is 0 Å². The van der Waals surface area contributed by atoms with Gasteiger partial charge in [-0.25, -0.2) is 4.79 Å². The number of hydrogen-bond donors (Lipinski definition) is 2. The zero-order chi connectivity index (χ0) is 16.4. The molecule has 0 fully saturated rings. The fourth-order valence-electron chi connectivity index (χ4n) is 3.04. The van der Waals surface area contributed by atoms with E-state index in [1.54, 1.807) is 6.92 Å². The Kier molecular flexibility index (Phi) is 4.86. The van der Waals surface area contributed by atoms with E-state index in [0.29, 0.717) is 17.3 Å². The summed E-state index contributed by atoms with van der Waals surface area (Å²) in [6, 6.07) is 3.95. The van der Waals surface area contributed by atoms with Gasteiger partial charge in [-0.3, -0.25) is 0 Å². The van der Waals surface area contributed by atoms with Crippen LogP contribution in [0.25, 0.3) is 0 Å². The van der Waals surface area contributed by atoms with E-state index < -0.39 is 0 Å². The van der Waals surface area contributed by atoms with Crippen LogP contribution >= 0.6 is 12.2 Å². The summed E-state index contributed by atoms with van der Waals surface area (Å²) >= 11 is 5.27. The molecule has 0 saturated heterocycles. The lowest BCUT2D eigenvalue weighted by Gasteiger charge is -2.31. The molecule has 1 heterocycles. The zero-order valence-electron chi connectivity index (χ0n) is 13.7. The third kappa shape index (κ3) is 3.14. The molecule has 1 aliphatic heterocycles. The van der Waals surface area contributed by atoms with Crippen molar-refractivity contribution in [3.63, 3.8) is 0 Å². The van der Waals surface area contributed by atoms with Crippen molar-refractivity contribution in [3.05, 3.63) is 45.7 Å². The van der Waals surface area contributed by atoms with Crippen molar-refractivity contribution in [1.82, 2.24) is 10.6 Å². The molecule has 0 amide bonds. The van der Waals surface area contributed by atoms with Crippen LogP contribution in [-0.2, 0) is 9.53 Å². The number of allylic oxidation sites excluding steroid dienone is 1. The molecule has 2 rings (SSSR count). The molecule has 0 saturated carbocycles. The molecular formula is C17H22N2O2S. The predicted molar refractivity (Wildman–Crippen MR) is 91.6 cm³/mol. The Labute approximate surface area is 136 Å². The largest absolute Gasteiger partial charge is 0.463 e. The minimum absolute atomic E-state index is 0.284. The fourth-order valence-corrected chi connectivity index (χ4v) is 3.31. The molecule has 22 heavy (non-hydrogen) atoms. The number of ether oxygens (including phenoxy) is 1. The first kappa shape index (κ1) is 16.5. The van der Waals surface area contributed by atoms with Gasteiger partial charge in [-0.05, 0) is 63.5 Å². The van der Waals surface area contributed by atoms with Crippen LogP contribution in [0.2, 0.25) is 0 Å². The second-order valence-corrected chi connectivity index (χ2v) is 6.01. The third-order valence-electron chi connectivity index (χ3n) is 3.79. The van der Waals surface area contributed by atoms with E-state index in [4.69, 9.17) is 17.0 Å². The maximum atomic E-state index is 12.4. The Morgan fingerprint density at radius 2 is 1.82 bits per heavy atom. The van der Waals surface area contributed by atoms with Gasteiger partial charge in [0, 0.05) is 5.70 Å². The monoisotopic (exact) mass is 318 g/mol. The summed E-state index contributed by atoms with van der Waals surface area (Å²) in [5.74, 6) is -0.313. The van der Waals surface area contributed by atoms with Gasteiger partial charge in [0.25, 0.3) is 0 Å². The zero-order valence-corrected chi connectivity index (χ0v) is 14.5. The maximum absolute atomic E-state index is 12.4. The van der Waals surface area contributed by atoms with Crippen molar-refractivity contribution < 1.29 is 9.53 Å². The van der Waals surface area contributed by atoms with E-state index >= 15 is 0 Å². The average Bonchev–Trinajstić information content (AvgIpc) is 2.36. The molecule has 0 bridgehead atoms. The number of rotatable bonds is 3. The summed E-state index contributed by atoms with van der Waals surface area (Å²) in [5, 5.41) is 6.76. The highest BCUT2D eigenvalue weighted by Crippen LogP contribution is 2.32. The van der Waals surface area contributed by atoms with Crippen LogP contribution in [0.3, 0.4) is 0 Å². The maximum Gasteiger partial charge on any atom is 0.338 e. The van der Waals surface area contributed by atoms with Crippen LogP contribution in [0.4, 0.5) is 0 Å². The lowest BCUT2D eigenvalue weighted by molar-refractivity contribution is -0.139. The number of benzene rings is 1. The smallest absolute Gasteiger partial charge is 0.338 e. The highest BCUT2D eigenvalue weighted by Gasteiger charge is 2.32. The van der Waals surface area contributed by atoms with E-state index in [1.165, 1.54) is 5.56 Å². The molecule has 1 aromatic rings. The van der Waals surface area contributed by atoms with E-state index in [9.17, 15) is 4.79 Å². The highest BCUT2D eigenvalue weighted by atomic mass is 32.1. The molecule has 0 radical (unpaired) electrons. The van der Waals surface area contributed by atoms with Crippen LogP contribution in [0.5, 0.6) is 0 Å². The standard InChI is InChI=1S/C17H22N2O2S/c1-6-21-16(20)14-12(5)18-17(22)19-15(14)13-10(3)7-9(2)8-11(13)4/h7-8,15H,6H2,1-5H3,(H2,18,19,22)/t15-/m0/s1. The van der Waals surface area contributed by atoms with Crippen LogP contribution in [0.1, 0.15) is 42.1 Å². The number of carbonyl (C=O) groups is 1. The fraction of sp³-hybridized carbons (Fsp3) is 0.412. The molecule has 1 atom stereocenters. The molecule has 1 aliphatic rings. The number of aryl methyl sites for hydroxylation is 3. The Hall–Kier alpha value is -1.88. The number of nitrogens with one attached hydrogen (secondary N) is 2. The molecular weight excluding hydrogens is 296 g/mol.